The molecule has 1 aromatic heterocycles. The summed E-state index contributed by atoms with van der Waals surface area (Å²) in [6.45, 7) is 2.28. The van der Waals surface area contributed by atoms with E-state index in [-0.39, 0.29) is 0 Å². The van der Waals surface area contributed by atoms with E-state index in [0.717, 1.165) is 6.54 Å². The predicted molar refractivity (Wildman–Crippen MR) is 48.5 cm³/mol. The number of imidazole rings is 1. The van der Waals surface area contributed by atoms with Gasteiger partial charge < -0.3 is 9.88 Å². The van der Waals surface area contributed by atoms with Crippen molar-refractivity contribution in [1.82, 2.24) is 14.9 Å². The highest BCUT2D eigenvalue weighted by Gasteiger charge is 2.22. The summed E-state index contributed by atoms with van der Waals surface area (Å²) < 4.78 is 0. The molecule has 0 amide bonds. The van der Waals surface area contributed by atoms with Gasteiger partial charge in [0.1, 0.15) is 0 Å². The molecule has 0 bridgehead atoms. The Bertz CT molecular complexity index is 271. The Kier molecular flexibility index (Phi) is 2.07. The first-order valence-electron chi connectivity index (χ1n) is 4.14. The number of rotatable bonds is 1. The van der Waals surface area contributed by atoms with Gasteiger partial charge in [0, 0.05) is 24.4 Å². The normalized spacial score (nSPS) is 25.0. The van der Waals surface area contributed by atoms with E-state index >= 15 is 0 Å². The molecule has 0 aromatic carbocycles. The molecule has 1 aromatic rings. The quantitative estimate of drug-likeness (QED) is 0.719. The molecule has 0 spiro atoms. The van der Waals surface area contributed by atoms with Crippen LogP contribution in [0.15, 0.2) is 6.20 Å². The topological polar surface area (TPSA) is 31.9 Å². The summed E-state index contributed by atoms with van der Waals surface area (Å²) in [5, 5.41) is 0.500. The Morgan fingerprint density at radius 2 is 2.58 bits per heavy atom. The molecule has 3 nitrogen and oxygen atoms in total. The summed E-state index contributed by atoms with van der Waals surface area (Å²) in [7, 11) is 2.14. The van der Waals surface area contributed by atoms with Gasteiger partial charge in [-0.05, 0) is 31.6 Å². The second kappa shape index (κ2) is 3.07. The molecular weight excluding hydrogens is 174 g/mol. The minimum atomic E-state index is 0.500. The molecule has 0 radical (unpaired) electrons. The average molecular weight is 186 g/mol. The fourth-order valence-corrected chi connectivity index (χ4v) is 1.86. The summed E-state index contributed by atoms with van der Waals surface area (Å²) in [5.41, 5.74) is 1.17. The van der Waals surface area contributed by atoms with Gasteiger partial charge in [-0.15, -0.1) is 0 Å². The van der Waals surface area contributed by atoms with Crippen molar-refractivity contribution in [2.75, 3.05) is 20.1 Å². The number of likely N-dealkylation sites (N-methyl/N-ethyl adjacent to an activating group) is 1. The molecule has 1 N–H and O–H groups in total. The van der Waals surface area contributed by atoms with Crippen LogP contribution in [0.5, 0.6) is 0 Å². The van der Waals surface area contributed by atoms with E-state index < -0.39 is 0 Å². The minimum absolute atomic E-state index is 0.500. The number of nitrogens with one attached hydrogen (secondary N) is 1. The summed E-state index contributed by atoms with van der Waals surface area (Å²) in [5.74, 6) is 0.593. The predicted octanol–water partition coefficient (Wildman–Crippen LogP) is 1.48. The van der Waals surface area contributed by atoms with E-state index in [2.05, 4.69) is 21.9 Å². The third-order valence-corrected chi connectivity index (χ3v) is 2.59. The first kappa shape index (κ1) is 8.08. The smallest absolute Gasteiger partial charge is 0.200 e. The maximum absolute atomic E-state index is 5.69. The molecule has 1 saturated heterocycles. The molecule has 1 fully saturated rings. The molecule has 1 aliphatic rings. The average Bonchev–Trinajstić information content (AvgIpc) is 2.58. The van der Waals surface area contributed by atoms with E-state index in [1.807, 2.05) is 6.20 Å². The number of aromatic nitrogens is 2. The third-order valence-electron chi connectivity index (χ3n) is 2.40. The van der Waals surface area contributed by atoms with Crippen molar-refractivity contribution < 1.29 is 0 Å². The third kappa shape index (κ3) is 1.47. The van der Waals surface area contributed by atoms with Gasteiger partial charge in [0.05, 0.1) is 0 Å². The Balaban J connectivity index is 2.11. The highest BCUT2D eigenvalue weighted by Crippen LogP contribution is 2.25. The van der Waals surface area contributed by atoms with Crippen LogP contribution in [-0.2, 0) is 0 Å². The number of halogens is 1. The van der Waals surface area contributed by atoms with Gasteiger partial charge in [-0.2, -0.15) is 0 Å². The van der Waals surface area contributed by atoms with Crippen LogP contribution in [0.1, 0.15) is 18.0 Å². The Hall–Kier alpha value is -0.540. The number of hydrogen-bond donors (Lipinski definition) is 1. The molecule has 2 heterocycles. The van der Waals surface area contributed by atoms with E-state index in [0.29, 0.717) is 11.2 Å². The van der Waals surface area contributed by atoms with E-state index in [9.17, 15) is 0 Å². The molecule has 2 rings (SSSR count). The van der Waals surface area contributed by atoms with Gasteiger partial charge >= 0.3 is 0 Å². The number of H-pyrrole nitrogens is 1. The second-order valence-electron chi connectivity index (χ2n) is 3.38. The Morgan fingerprint density at radius 1 is 1.75 bits per heavy atom. The molecule has 66 valence electrons. The zero-order valence-corrected chi connectivity index (χ0v) is 7.80. The van der Waals surface area contributed by atoms with Crippen molar-refractivity contribution >= 4 is 11.6 Å². The van der Waals surface area contributed by atoms with Crippen molar-refractivity contribution in [3.05, 3.63) is 17.2 Å². The molecular formula is C8H12ClN3. The molecule has 0 aliphatic carbocycles. The summed E-state index contributed by atoms with van der Waals surface area (Å²) in [6, 6.07) is 0. The van der Waals surface area contributed by atoms with E-state index in [4.69, 9.17) is 11.6 Å². The Labute approximate surface area is 76.7 Å². The van der Waals surface area contributed by atoms with Crippen LogP contribution in [0.3, 0.4) is 0 Å². The van der Waals surface area contributed by atoms with Gasteiger partial charge in [0.2, 0.25) is 0 Å². The molecule has 4 heteroatoms. The lowest BCUT2D eigenvalue weighted by atomic mass is 10.1. The minimum Gasteiger partial charge on any atom is -0.332 e. The fourth-order valence-electron chi connectivity index (χ4n) is 1.71. The summed E-state index contributed by atoms with van der Waals surface area (Å²) in [4.78, 5) is 9.36. The largest absolute Gasteiger partial charge is 0.332 e. The van der Waals surface area contributed by atoms with Crippen molar-refractivity contribution in [2.45, 2.75) is 12.3 Å². The second-order valence-corrected chi connectivity index (χ2v) is 3.74. The molecule has 1 unspecified atom stereocenters. The SMILES string of the molecule is CN1CCC(c2cnc(Cl)[nH]2)C1. The standard InChI is InChI=1S/C8H12ClN3/c1-12-3-2-6(5-12)7-4-10-8(9)11-7/h4,6H,2-3,5H2,1H3,(H,10,11). The zero-order chi connectivity index (χ0) is 8.55. The highest BCUT2D eigenvalue weighted by atomic mass is 35.5. The lowest BCUT2D eigenvalue weighted by Gasteiger charge is -2.07. The van der Waals surface area contributed by atoms with Crippen LogP contribution in [0, 0.1) is 0 Å². The van der Waals surface area contributed by atoms with E-state index in [1.165, 1.54) is 18.7 Å². The molecule has 1 aliphatic heterocycles. The maximum atomic E-state index is 5.69. The first-order valence-corrected chi connectivity index (χ1v) is 4.52. The maximum Gasteiger partial charge on any atom is 0.200 e. The molecule has 1 atom stereocenters. The molecule has 0 saturated carbocycles. The number of nitrogens with zero attached hydrogens (tertiary/aromatic N) is 2. The first-order chi connectivity index (χ1) is 5.75. The highest BCUT2D eigenvalue weighted by molar-refractivity contribution is 6.28. The lowest BCUT2D eigenvalue weighted by Crippen LogP contribution is -2.13. The van der Waals surface area contributed by atoms with Gasteiger partial charge in [-0.25, -0.2) is 4.98 Å². The van der Waals surface area contributed by atoms with Crippen molar-refractivity contribution in [1.29, 1.82) is 0 Å². The monoisotopic (exact) mass is 185 g/mol. The fraction of sp³-hybridized carbons (Fsp3) is 0.625. The van der Waals surface area contributed by atoms with Crippen LogP contribution in [0.25, 0.3) is 0 Å². The Morgan fingerprint density at radius 3 is 3.08 bits per heavy atom. The molecule has 12 heavy (non-hydrogen) atoms. The summed E-state index contributed by atoms with van der Waals surface area (Å²) >= 11 is 5.69. The van der Waals surface area contributed by atoms with Gasteiger partial charge in [-0.1, -0.05) is 0 Å². The van der Waals surface area contributed by atoms with Crippen molar-refractivity contribution in [3.63, 3.8) is 0 Å². The number of aromatic amines is 1. The van der Waals surface area contributed by atoms with Crippen LogP contribution in [0.4, 0.5) is 0 Å². The van der Waals surface area contributed by atoms with Crippen molar-refractivity contribution in [2.24, 2.45) is 0 Å². The zero-order valence-electron chi connectivity index (χ0n) is 7.05. The number of likely N-dealkylation sites (tertiary alicyclic amines) is 1. The van der Waals surface area contributed by atoms with Crippen LogP contribution in [-0.4, -0.2) is 35.0 Å². The van der Waals surface area contributed by atoms with E-state index in [1.54, 1.807) is 0 Å². The van der Waals surface area contributed by atoms with Gasteiger partial charge in [0.15, 0.2) is 5.28 Å². The number of hydrogen-bond acceptors (Lipinski definition) is 2. The van der Waals surface area contributed by atoms with Crippen LogP contribution < -0.4 is 0 Å². The summed E-state index contributed by atoms with van der Waals surface area (Å²) in [6.07, 6.45) is 3.04. The lowest BCUT2D eigenvalue weighted by molar-refractivity contribution is 0.411. The van der Waals surface area contributed by atoms with Crippen LogP contribution in [0.2, 0.25) is 5.28 Å². The van der Waals surface area contributed by atoms with Crippen LogP contribution >= 0.6 is 11.6 Å². The van der Waals surface area contributed by atoms with Gasteiger partial charge in [-0.3, -0.25) is 0 Å². The van der Waals surface area contributed by atoms with Gasteiger partial charge in [0.25, 0.3) is 0 Å². The van der Waals surface area contributed by atoms with Crippen molar-refractivity contribution in [3.8, 4) is 0 Å².